The fourth-order valence-corrected chi connectivity index (χ4v) is 2.99. The molecule has 0 spiro atoms. The zero-order chi connectivity index (χ0) is 16.3. The molecule has 0 aromatic heterocycles. The fourth-order valence-electron chi connectivity index (χ4n) is 2.82. The molecule has 0 atom stereocenters. The smallest absolute Gasteiger partial charge is 0.191 e. The van der Waals surface area contributed by atoms with Crippen molar-refractivity contribution < 1.29 is 0 Å². The molecule has 0 unspecified atom stereocenters. The summed E-state index contributed by atoms with van der Waals surface area (Å²) < 4.78 is 0.168. The summed E-state index contributed by atoms with van der Waals surface area (Å²) in [5.41, 5.74) is 0. The summed E-state index contributed by atoms with van der Waals surface area (Å²) in [5, 5.41) is 0. The predicted octanol–water partition coefficient (Wildman–Crippen LogP) is 8.08. The van der Waals surface area contributed by atoms with Crippen molar-refractivity contribution >= 4 is 27.8 Å². The SMILES string of the molecule is CCCCCCCCCCCCCCCCCCN=C(Cl)Cl. The van der Waals surface area contributed by atoms with Crippen LogP contribution in [0, 0.1) is 0 Å². The highest BCUT2D eigenvalue weighted by atomic mass is 35.5. The van der Waals surface area contributed by atoms with Crippen LogP contribution in [0.2, 0.25) is 0 Å². The maximum atomic E-state index is 5.46. The predicted molar refractivity (Wildman–Crippen MR) is 104 cm³/mol. The van der Waals surface area contributed by atoms with E-state index in [1.54, 1.807) is 0 Å². The standard InChI is InChI=1S/C19H37Cl2N/c1-2-3-4-5-6-7-8-9-10-11-12-13-14-15-16-17-18-22-19(20)21/h2-18H2,1H3. The van der Waals surface area contributed by atoms with E-state index in [1.165, 1.54) is 96.3 Å². The first-order valence-corrected chi connectivity index (χ1v) is 10.4. The second-order valence-electron chi connectivity index (χ2n) is 6.43. The van der Waals surface area contributed by atoms with Crippen molar-refractivity contribution in [1.29, 1.82) is 0 Å². The molecule has 0 radical (unpaired) electrons. The van der Waals surface area contributed by atoms with Crippen molar-refractivity contribution in [3.05, 3.63) is 0 Å². The molecule has 0 saturated carbocycles. The molecule has 0 aromatic carbocycles. The third-order valence-electron chi connectivity index (χ3n) is 4.24. The Kier molecular flexibility index (Phi) is 19.5. The molecule has 0 N–H and O–H groups in total. The topological polar surface area (TPSA) is 12.4 Å². The summed E-state index contributed by atoms with van der Waals surface area (Å²) in [6, 6.07) is 0. The highest BCUT2D eigenvalue weighted by Gasteiger charge is 1.94. The van der Waals surface area contributed by atoms with E-state index in [1.807, 2.05) is 0 Å². The van der Waals surface area contributed by atoms with Crippen molar-refractivity contribution in [2.24, 2.45) is 4.99 Å². The molecular weight excluding hydrogens is 313 g/mol. The Morgan fingerprint density at radius 2 is 0.864 bits per heavy atom. The number of halogens is 2. The quantitative estimate of drug-likeness (QED) is 0.186. The molecule has 0 amide bonds. The van der Waals surface area contributed by atoms with Gasteiger partial charge in [0, 0.05) is 6.54 Å². The van der Waals surface area contributed by atoms with Gasteiger partial charge in [0.1, 0.15) is 0 Å². The molecule has 0 aromatic rings. The molecule has 0 fully saturated rings. The molecule has 0 rings (SSSR count). The fraction of sp³-hybridized carbons (Fsp3) is 0.947. The number of nitrogens with zero attached hydrogens (tertiary/aromatic N) is 1. The number of rotatable bonds is 17. The first-order chi connectivity index (χ1) is 10.8. The second kappa shape index (κ2) is 19.3. The lowest BCUT2D eigenvalue weighted by Crippen LogP contribution is -1.86. The summed E-state index contributed by atoms with van der Waals surface area (Å²) in [7, 11) is 0. The van der Waals surface area contributed by atoms with Crippen LogP contribution in [0.4, 0.5) is 0 Å². The van der Waals surface area contributed by atoms with E-state index in [0.29, 0.717) is 0 Å². The summed E-state index contributed by atoms with van der Waals surface area (Å²) in [6.07, 6.45) is 22.3. The van der Waals surface area contributed by atoms with E-state index in [9.17, 15) is 0 Å². The average Bonchev–Trinajstić information content (AvgIpc) is 2.50. The van der Waals surface area contributed by atoms with Crippen LogP contribution in [0.15, 0.2) is 4.99 Å². The van der Waals surface area contributed by atoms with E-state index in [-0.39, 0.29) is 4.63 Å². The van der Waals surface area contributed by atoms with Gasteiger partial charge >= 0.3 is 0 Å². The molecular formula is C19H37Cl2N. The molecule has 0 bridgehead atoms. The summed E-state index contributed by atoms with van der Waals surface area (Å²) in [4.78, 5) is 3.98. The molecule has 0 aliphatic rings. The number of unbranched alkanes of at least 4 members (excludes halogenated alkanes) is 15. The van der Waals surface area contributed by atoms with E-state index in [0.717, 1.165) is 13.0 Å². The maximum absolute atomic E-state index is 5.46. The molecule has 132 valence electrons. The molecule has 3 heteroatoms. The lowest BCUT2D eigenvalue weighted by molar-refractivity contribution is 0.530. The minimum atomic E-state index is 0.168. The van der Waals surface area contributed by atoms with Gasteiger partial charge in [-0.05, 0) is 29.6 Å². The second-order valence-corrected chi connectivity index (χ2v) is 7.33. The Bertz CT molecular complexity index is 238. The zero-order valence-corrected chi connectivity index (χ0v) is 16.2. The van der Waals surface area contributed by atoms with Gasteiger partial charge in [-0.1, -0.05) is 103 Å². The van der Waals surface area contributed by atoms with Crippen LogP contribution in [-0.2, 0) is 0 Å². The summed E-state index contributed by atoms with van der Waals surface area (Å²) >= 11 is 10.9. The Morgan fingerprint density at radius 3 is 1.18 bits per heavy atom. The first kappa shape index (κ1) is 22.2. The molecule has 0 saturated heterocycles. The molecule has 0 aliphatic carbocycles. The van der Waals surface area contributed by atoms with Crippen LogP contribution >= 0.6 is 23.2 Å². The van der Waals surface area contributed by atoms with Crippen molar-refractivity contribution in [1.82, 2.24) is 0 Å². The number of hydrogen-bond donors (Lipinski definition) is 0. The Labute approximate surface area is 149 Å². The molecule has 1 nitrogen and oxygen atoms in total. The van der Waals surface area contributed by atoms with Gasteiger partial charge in [0.05, 0.1) is 0 Å². The average molecular weight is 350 g/mol. The van der Waals surface area contributed by atoms with Crippen LogP contribution in [0.1, 0.15) is 110 Å². The highest BCUT2D eigenvalue weighted by molar-refractivity contribution is 6.95. The van der Waals surface area contributed by atoms with Crippen LogP contribution in [0.25, 0.3) is 0 Å². The van der Waals surface area contributed by atoms with E-state index < -0.39 is 0 Å². The van der Waals surface area contributed by atoms with Gasteiger partial charge in [0.2, 0.25) is 0 Å². The minimum absolute atomic E-state index is 0.168. The highest BCUT2D eigenvalue weighted by Crippen LogP contribution is 2.13. The number of hydrogen-bond acceptors (Lipinski definition) is 1. The van der Waals surface area contributed by atoms with E-state index >= 15 is 0 Å². The van der Waals surface area contributed by atoms with Gasteiger partial charge in [-0.25, -0.2) is 0 Å². The normalized spacial score (nSPS) is 10.9. The lowest BCUT2D eigenvalue weighted by atomic mass is 10.0. The molecule has 0 heterocycles. The van der Waals surface area contributed by atoms with Gasteiger partial charge in [-0.2, -0.15) is 0 Å². The Morgan fingerprint density at radius 1 is 0.545 bits per heavy atom. The first-order valence-electron chi connectivity index (χ1n) is 9.62. The third kappa shape index (κ3) is 20.2. The van der Waals surface area contributed by atoms with Crippen molar-refractivity contribution in [3.8, 4) is 0 Å². The Balaban J connectivity index is 2.98. The summed E-state index contributed by atoms with van der Waals surface area (Å²) in [5.74, 6) is 0. The third-order valence-corrected chi connectivity index (χ3v) is 4.48. The minimum Gasteiger partial charge on any atom is -0.263 e. The van der Waals surface area contributed by atoms with Gasteiger partial charge < -0.3 is 0 Å². The van der Waals surface area contributed by atoms with Crippen LogP contribution in [-0.4, -0.2) is 11.2 Å². The molecule has 22 heavy (non-hydrogen) atoms. The van der Waals surface area contributed by atoms with Crippen LogP contribution in [0.5, 0.6) is 0 Å². The van der Waals surface area contributed by atoms with E-state index in [2.05, 4.69) is 11.9 Å². The monoisotopic (exact) mass is 349 g/mol. The van der Waals surface area contributed by atoms with Crippen LogP contribution < -0.4 is 0 Å². The Hall–Kier alpha value is 0.250. The van der Waals surface area contributed by atoms with Crippen molar-refractivity contribution in [2.45, 2.75) is 110 Å². The lowest BCUT2D eigenvalue weighted by Gasteiger charge is -2.03. The van der Waals surface area contributed by atoms with Crippen molar-refractivity contribution in [2.75, 3.05) is 6.54 Å². The summed E-state index contributed by atoms with van der Waals surface area (Å²) in [6.45, 7) is 3.06. The van der Waals surface area contributed by atoms with Gasteiger partial charge in [-0.15, -0.1) is 0 Å². The van der Waals surface area contributed by atoms with Gasteiger partial charge in [0.15, 0.2) is 4.63 Å². The number of aliphatic imine (C=N–C) groups is 1. The largest absolute Gasteiger partial charge is 0.263 e. The maximum Gasteiger partial charge on any atom is 0.191 e. The van der Waals surface area contributed by atoms with Crippen LogP contribution in [0.3, 0.4) is 0 Å². The zero-order valence-electron chi connectivity index (χ0n) is 14.7. The van der Waals surface area contributed by atoms with Gasteiger partial charge in [-0.3, -0.25) is 4.99 Å². The van der Waals surface area contributed by atoms with E-state index in [4.69, 9.17) is 23.2 Å². The van der Waals surface area contributed by atoms with Gasteiger partial charge in [0.25, 0.3) is 0 Å². The molecule has 0 aliphatic heterocycles. The van der Waals surface area contributed by atoms with Crippen molar-refractivity contribution in [3.63, 3.8) is 0 Å².